The Morgan fingerprint density at radius 1 is 0.936 bits per heavy atom. The zero-order valence-electron chi connectivity index (χ0n) is 27.0. The van der Waals surface area contributed by atoms with Crippen LogP contribution >= 0.6 is 0 Å². The van der Waals surface area contributed by atoms with Crippen molar-refractivity contribution in [3.05, 3.63) is 41.5 Å². The minimum absolute atomic E-state index is 0.0562. The molecule has 1 unspecified atom stereocenters. The number of carbonyl (C=O) groups is 5. The van der Waals surface area contributed by atoms with E-state index in [2.05, 4.69) is 5.32 Å². The number of unbranched alkanes of at least 4 members (excludes halogenated alkanes) is 3. The number of carboxylic acid groups (broad SMARTS) is 1. The van der Waals surface area contributed by atoms with Crippen LogP contribution in [0.5, 0.6) is 5.75 Å². The van der Waals surface area contributed by atoms with Gasteiger partial charge in [0.15, 0.2) is 6.10 Å². The summed E-state index contributed by atoms with van der Waals surface area (Å²) in [4.78, 5) is 60.5. The first-order chi connectivity index (χ1) is 22.3. The molecule has 6 atom stereocenters. The lowest BCUT2D eigenvalue weighted by Gasteiger charge is -2.38. The summed E-state index contributed by atoms with van der Waals surface area (Å²) in [7, 11) is 0. The van der Waals surface area contributed by atoms with Crippen LogP contribution < -0.4 is 10.1 Å². The SMILES string of the molecule is CC(C)C(C)C(=O)OCc1ccc(CCCCNC(=O)CCCCCN2C(=O)C=CC2=O)cc1O[C@@H]1O[C@H](C(=O)O)[C@@H](O)[C@H](O)[C@H]1O. The number of carbonyl (C=O) groups excluding carboxylic acids is 4. The topological polar surface area (TPSA) is 209 Å². The van der Waals surface area contributed by atoms with Gasteiger partial charge in [-0.1, -0.05) is 39.3 Å². The van der Waals surface area contributed by atoms with Crippen LogP contribution in [0.25, 0.3) is 0 Å². The van der Waals surface area contributed by atoms with Crippen molar-refractivity contribution in [3.63, 3.8) is 0 Å². The quantitative estimate of drug-likeness (QED) is 0.0854. The lowest BCUT2D eigenvalue weighted by atomic mass is 9.98. The maximum Gasteiger partial charge on any atom is 0.335 e. The molecule has 1 fully saturated rings. The number of benzene rings is 1. The molecule has 14 heteroatoms. The Balaban J connectivity index is 1.51. The third-order valence-electron chi connectivity index (χ3n) is 8.33. The molecule has 2 heterocycles. The van der Waals surface area contributed by atoms with Crippen LogP contribution in [0.2, 0.25) is 0 Å². The highest BCUT2D eigenvalue weighted by Gasteiger charge is 2.48. The average molecular weight is 663 g/mol. The van der Waals surface area contributed by atoms with Gasteiger partial charge < -0.3 is 40.0 Å². The van der Waals surface area contributed by atoms with Gasteiger partial charge in [0.05, 0.1) is 5.92 Å². The second-order valence-electron chi connectivity index (χ2n) is 12.2. The van der Waals surface area contributed by atoms with Gasteiger partial charge in [0, 0.05) is 37.2 Å². The minimum atomic E-state index is -1.87. The fraction of sp³-hybridized carbons (Fsp3) is 0.606. The second-order valence-corrected chi connectivity index (χ2v) is 12.2. The van der Waals surface area contributed by atoms with Gasteiger partial charge in [-0.05, 0) is 49.7 Å². The first-order valence-electron chi connectivity index (χ1n) is 16.0. The third kappa shape index (κ3) is 10.8. The van der Waals surface area contributed by atoms with Crippen LogP contribution in [-0.2, 0) is 46.5 Å². The Morgan fingerprint density at radius 3 is 2.30 bits per heavy atom. The molecule has 0 spiro atoms. The van der Waals surface area contributed by atoms with Crippen molar-refractivity contribution >= 4 is 29.7 Å². The van der Waals surface area contributed by atoms with E-state index < -0.39 is 42.6 Å². The molecule has 0 aromatic heterocycles. The van der Waals surface area contributed by atoms with E-state index in [1.807, 2.05) is 19.9 Å². The number of carboxylic acids is 1. The smallest absolute Gasteiger partial charge is 0.335 e. The van der Waals surface area contributed by atoms with Crippen molar-refractivity contribution < 1.29 is 58.6 Å². The van der Waals surface area contributed by atoms with Crippen LogP contribution in [0.4, 0.5) is 0 Å². The van der Waals surface area contributed by atoms with E-state index in [9.17, 15) is 44.4 Å². The molecule has 2 aliphatic heterocycles. The highest BCUT2D eigenvalue weighted by atomic mass is 16.7. The van der Waals surface area contributed by atoms with E-state index in [0.717, 1.165) is 5.56 Å². The highest BCUT2D eigenvalue weighted by molar-refractivity contribution is 6.12. The summed E-state index contributed by atoms with van der Waals surface area (Å²) in [6.07, 6.45) is -2.19. The maximum absolute atomic E-state index is 12.5. The molecule has 2 aliphatic rings. The number of rotatable bonds is 18. The normalized spacial score (nSPS) is 23.2. The van der Waals surface area contributed by atoms with Gasteiger partial charge in [0.25, 0.3) is 11.8 Å². The Morgan fingerprint density at radius 2 is 1.64 bits per heavy atom. The van der Waals surface area contributed by atoms with E-state index in [4.69, 9.17) is 14.2 Å². The summed E-state index contributed by atoms with van der Waals surface area (Å²) in [5.41, 5.74) is 1.23. The summed E-state index contributed by atoms with van der Waals surface area (Å²) in [6, 6.07) is 5.15. The van der Waals surface area contributed by atoms with Crippen LogP contribution in [-0.4, -0.2) is 98.8 Å². The molecule has 1 saturated heterocycles. The minimum Gasteiger partial charge on any atom is -0.479 e. The summed E-state index contributed by atoms with van der Waals surface area (Å²) in [6.45, 7) is 6.18. The molecule has 0 aliphatic carbocycles. The van der Waals surface area contributed by atoms with E-state index in [-0.39, 0.29) is 41.9 Å². The molecule has 0 bridgehead atoms. The number of nitrogens with one attached hydrogen (secondary N) is 1. The highest BCUT2D eigenvalue weighted by Crippen LogP contribution is 2.29. The van der Waals surface area contributed by atoms with E-state index >= 15 is 0 Å². The first kappa shape index (κ1) is 37.6. The molecular weight excluding hydrogens is 616 g/mol. The molecule has 0 radical (unpaired) electrons. The summed E-state index contributed by atoms with van der Waals surface area (Å²) >= 11 is 0. The predicted octanol–water partition coefficient (Wildman–Crippen LogP) is 1.22. The zero-order chi connectivity index (χ0) is 34.7. The summed E-state index contributed by atoms with van der Waals surface area (Å²) in [5, 5.41) is 43.0. The van der Waals surface area contributed by atoms with Crippen molar-refractivity contribution in [3.8, 4) is 5.75 Å². The van der Waals surface area contributed by atoms with Gasteiger partial charge in [-0.2, -0.15) is 0 Å². The maximum atomic E-state index is 12.5. The number of aliphatic carboxylic acids is 1. The fourth-order valence-electron chi connectivity index (χ4n) is 4.96. The molecule has 260 valence electrons. The van der Waals surface area contributed by atoms with Crippen molar-refractivity contribution in [2.75, 3.05) is 13.1 Å². The van der Waals surface area contributed by atoms with E-state index in [0.29, 0.717) is 63.6 Å². The number of ether oxygens (including phenoxy) is 3. The molecular formula is C33H46N2O12. The number of amides is 3. The van der Waals surface area contributed by atoms with Crippen molar-refractivity contribution in [1.82, 2.24) is 10.2 Å². The Bertz CT molecular complexity index is 1280. The Labute approximate surface area is 273 Å². The lowest BCUT2D eigenvalue weighted by Crippen LogP contribution is -2.61. The molecule has 47 heavy (non-hydrogen) atoms. The van der Waals surface area contributed by atoms with Crippen molar-refractivity contribution in [2.45, 2.75) is 103 Å². The molecule has 3 rings (SSSR count). The zero-order valence-corrected chi connectivity index (χ0v) is 27.0. The number of imide groups is 1. The fourth-order valence-corrected chi connectivity index (χ4v) is 4.96. The van der Waals surface area contributed by atoms with Gasteiger partial charge in [-0.15, -0.1) is 0 Å². The number of aliphatic hydroxyl groups is 3. The monoisotopic (exact) mass is 662 g/mol. The van der Waals surface area contributed by atoms with Crippen molar-refractivity contribution in [2.24, 2.45) is 11.8 Å². The molecule has 14 nitrogen and oxygen atoms in total. The van der Waals surface area contributed by atoms with Gasteiger partial charge in [0.2, 0.25) is 12.2 Å². The number of esters is 1. The summed E-state index contributed by atoms with van der Waals surface area (Å²) in [5.74, 6) is -2.81. The Hall–Kier alpha value is -3.85. The standard InChI is InChI=1S/C33H46N2O12/c1-19(2)20(3)32(44)45-18-22-12-11-21(17-23(22)46-33-29(41)27(39)28(40)30(47-33)31(42)43)9-6-7-15-34-24(36)10-5-4-8-16-35-25(37)13-14-26(35)38/h11-14,17,19-20,27-30,33,39-41H,4-10,15-16,18H2,1-3H3,(H,34,36)(H,42,43)/t20?,27-,28-,29+,30-,33+/m0/s1. The molecule has 1 aromatic carbocycles. The summed E-state index contributed by atoms with van der Waals surface area (Å²) < 4.78 is 16.6. The number of aliphatic hydroxyl groups excluding tert-OH is 3. The number of hydrogen-bond donors (Lipinski definition) is 5. The van der Waals surface area contributed by atoms with Crippen molar-refractivity contribution in [1.29, 1.82) is 0 Å². The molecule has 5 N–H and O–H groups in total. The van der Waals surface area contributed by atoms with Gasteiger partial charge in [-0.25, -0.2) is 4.79 Å². The lowest BCUT2D eigenvalue weighted by molar-refractivity contribution is -0.271. The van der Waals surface area contributed by atoms with Crippen LogP contribution in [0.3, 0.4) is 0 Å². The number of hydrogen-bond acceptors (Lipinski definition) is 11. The van der Waals surface area contributed by atoms with Crippen LogP contribution in [0.1, 0.15) is 70.4 Å². The predicted molar refractivity (Wildman–Crippen MR) is 165 cm³/mol. The van der Waals surface area contributed by atoms with E-state index in [1.54, 1.807) is 19.1 Å². The average Bonchev–Trinajstić information content (AvgIpc) is 3.35. The molecule has 1 aromatic rings. The van der Waals surface area contributed by atoms with E-state index in [1.165, 1.54) is 17.1 Å². The second kappa shape index (κ2) is 17.9. The van der Waals surface area contributed by atoms with Gasteiger partial charge in [-0.3, -0.25) is 24.1 Å². The molecule has 3 amide bonds. The Kier molecular flexibility index (Phi) is 14.3. The number of nitrogens with zero attached hydrogens (tertiary/aromatic N) is 1. The van der Waals surface area contributed by atoms with Crippen LogP contribution in [0, 0.1) is 11.8 Å². The number of aryl methyl sites for hydroxylation is 1. The van der Waals surface area contributed by atoms with Gasteiger partial charge in [0.1, 0.15) is 30.7 Å². The largest absolute Gasteiger partial charge is 0.479 e. The molecule has 0 saturated carbocycles. The third-order valence-corrected chi connectivity index (χ3v) is 8.33. The first-order valence-corrected chi connectivity index (χ1v) is 16.0. The van der Waals surface area contributed by atoms with Crippen LogP contribution in [0.15, 0.2) is 30.4 Å². The van der Waals surface area contributed by atoms with Gasteiger partial charge >= 0.3 is 11.9 Å².